The lowest BCUT2D eigenvalue weighted by atomic mass is 9.86. The Morgan fingerprint density at radius 1 is 1.26 bits per heavy atom. The molecule has 1 aliphatic heterocycles. The molecular weight excluding hydrogens is 428 g/mol. The van der Waals surface area contributed by atoms with Gasteiger partial charge in [0.1, 0.15) is 5.82 Å². The van der Waals surface area contributed by atoms with Crippen LogP contribution in [0, 0.1) is 0 Å². The number of hydrogen-bond donors (Lipinski definition) is 2. The number of aromatic nitrogens is 4. The lowest BCUT2D eigenvalue weighted by molar-refractivity contribution is -0.114. The van der Waals surface area contributed by atoms with Crippen LogP contribution < -0.4 is 10.6 Å². The van der Waals surface area contributed by atoms with Crippen molar-refractivity contribution in [2.45, 2.75) is 45.1 Å². The summed E-state index contributed by atoms with van der Waals surface area (Å²) in [6.07, 6.45) is 5.00. The quantitative estimate of drug-likeness (QED) is 0.589. The molecule has 0 radical (unpaired) electrons. The number of nitrogens with zero attached hydrogens (tertiary/aromatic N) is 4. The number of rotatable bonds is 4. The van der Waals surface area contributed by atoms with E-state index in [1.165, 1.54) is 18.2 Å². The fourth-order valence-electron chi connectivity index (χ4n) is 4.50. The summed E-state index contributed by atoms with van der Waals surface area (Å²) in [6, 6.07) is 4.48. The molecule has 162 valence electrons. The number of nitrogens with one attached hydrogen (secondary N) is 2. The Kier molecular flexibility index (Phi) is 5.47. The molecular formula is C22H26N6OS2. The fourth-order valence-corrected chi connectivity index (χ4v) is 6.67. The molecule has 1 fully saturated rings. The minimum atomic E-state index is -0.0893. The van der Waals surface area contributed by atoms with Gasteiger partial charge < -0.3 is 10.6 Å². The van der Waals surface area contributed by atoms with Crippen LogP contribution in [0.1, 0.15) is 49.9 Å². The molecule has 7 nitrogen and oxygen atoms in total. The van der Waals surface area contributed by atoms with Crippen molar-refractivity contribution < 1.29 is 4.79 Å². The van der Waals surface area contributed by atoms with Crippen LogP contribution in [0.2, 0.25) is 0 Å². The lowest BCUT2D eigenvalue weighted by Gasteiger charge is -2.26. The van der Waals surface area contributed by atoms with Crippen molar-refractivity contribution in [3.63, 3.8) is 0 Å². The SMILES string of the molecule is CNc1ccc(-c2nn(C3CCSCC3)c3c2C(C)Cc2nc(NC(C)=O)sc2-3)cn1. The highest BCUT2D eigenvalue weighted by atomic mass is 32.2. The van der Waals surface area contributed by atoms with Gasteiger partial charge in [-0.2, -0.15) is 16.9 Å². The van der Waals surface area contributed by atoms with E-state index in [9.17, 15) is 4.79 Å². The van der Waals surface area contributed by atoms with E-state index in [0.717, 1.165) is 58.4 Å². The molecule has 0 spiro atoms. The minimum absolute atomic E-state index is 0.0893. The Morgan fingerprint density at radius 3 is 2.74 bits per heavy atom. The third-order valence-corrected chi connectivity index (χ3v) is 8.03. The van der Waals surface area contributed by atoms with E-state index in [-0.39, 0.29) is 5.91 Å². The van der Waals surface area contributed by atoms with Crippen LogP contribution in [0.5, 0.6) is 0 Å². The van der Waals surface area contributed by atoms with E-state index in [0.29, 0.717) is 17.1 Å². The number of amides is 1. The molecule has 4 heterocycles. The topological polar surface area (TPSA) is 84.7 Å². The average molecular weight is 455 g/mol. The third kappa shape index (κ3) is 3.74. The van der Waals surface area contributed by atoms with Gasteiger partial charge in [0.15, 0.2) is 5.13 Å². The highest BCUT2D eigenvalue weighted by Gasteiger charge is 2.35. The first-order valence-corrected chi connectivity index (χ1v) is 12.6. The Morgan fingerprint density at radius 2 is 2.06 bits per heavy atom. The zero-order chi connectivity index (χ0) is 21.5. The smallest absolute Gasteiger partial charge is 0.223 e. The number of thioether (sulfide) groups is 1. The minimum Gasteiger partial charge on any atom is -0.373 e. The van der Waals surface area contributed by atoms with Crippen molar-refractivity contribution >= 4 is 40.0 Å². The van der Waals surface area contributed by atoms with Gasteiger partial charge in [-0.1, -0.05) is 18.3 Å². The largest absolute Gasteiger partial charge is 0.373 e. The molecule has 2 aliphatic rings. The maximum atomic E-state index is 11.6. The molecule has 3 aromatic heterocycles. The molecule has 1 unspecified atom stereocenters. The van der Waals surface area contributed by atoms with Crippen LogP contribution in [0.3, 0.4) is 0 Å². The third-order valence-electron chi connectivity index (χ3n) is 5.96. The highest BCUT2D eigenvalue weighted by Crippen LogP contribution is 2.49. The zero-order valence-corrected chi connectivity index (χ0v) is 19.6. The maximum absolute atomic E-state index is 11.6. The molecule has 2 N–H and O–H groups in total. The van der Waals surface area contributed by atoms with Gasteiger partial charge >= 0.3 is 0 Å². The first-order chi connectivity index (χ1) is 15.0. The Bertz CT molecular complexity index is 1110. The lowest BCUT2D eigenvalue weighted by Crippen LogP contribution is -2.18. The Hall–Kier alpha value is -2.39. The first kappa shape index (κ1) is 20.5. The number of carbonyl (C=O) groups excluding carboxylic acids is 1. The second-order valence-corrected chi connectivity index (χ2v) is 10.4. The molecule has 5 rings (SSSR count). The van der Waals surface area contributed by atoms with Crippen LogP contribution in [-0.4, -0.2) is 44.2 Å². The van der Waals surface area contributed by atoms with Gasteiger partial charge in [0.2, 0.25) is 5.91 Å². The van der Waals surface area contributed by atoms with E-state index in [1.807, 2.05) is 31.1 Å². The van der Waals surface area contributed by atoms with Gasteiger partial charge in [0, 0.05) is 31.3 Å². The second kappa shape index (κ2) is 8.27. The van der Waals surface area contributed by atoms with E-state index in [2.05, 4.69) is 33.3 Å². The first-order valence-electron chi connectivity index (χ1n) is 10.7. The Balaban J connectivity index is 1.68. The van der Waals surface area contributed by atoms with Crippen molar-refractivity contribution in [3.8, 4) is 21.8 Å². The number of carbonyl (C=O) groups is 1. The van der Waals surface area contributed by atoms with Gasteiger partial charge in [-0.05, 0) is 48.8 Å². The highest BCUT2D eigenvalue weighted by molar-refractivity contribution is 7.99. The van der Waals surface area contributed by atoms with E-state index >= 15 is 0 Å². The van der Waals surface area contributed by atoms with Crippen LogP contribution >= 0.6 is 23.1 Å². The fraction of sp³-hybridized carbons (Fsp3) is 0.455. The van der Waals surface area contributed by atoms with Crippen LogP contribution in [0.15, 0.2) is 18.3 Å². The Labute approximate surface area is 190 Å². The summed E-state index contributed by atoms with van der Waals surface area (Å²) in [4.78, 5) is 22.0. The molecule has 0 aromatic carbocycles. The molecule has 0 bridgehead atoms. The number of pyridine rings is 1. The van der Waals surface area contributed by atoms with Crippen LogP contribution in [0.25, 0.3) is 21.8 Å². The molecule has 3 aromatic rings. The van der Waals surface area contributed by atoms with Gasteiger partial charge in [0.25, 0.3) is 0 Å². The molecule has 1 amide bonds. The number of thiazole rings is 1. The summed E-state index contributed by atoms with van der Waals surface area (Å²) in [6.45, 7) is 3.78. The summed E-state index contributed by atoms with van der Waals surface area (Å²) in [7, 11) is 1.87. The summed E-state index contributed by atoms with van der Waals surface area (Å²) in [5, 5.41) is 11.8. The van der Waals surface area contributed by atoms with E-state index < -0.39 is 0 Å². The summed E-state index contributed by atoms with van der Waals surface area (Å²) >= 11 is 3.59. The molecule has 0 saturated carbocycles. The predicted molar refractivity (Wildman–Crippen MR) is 128 cm³/mol. The molecule has 1 atom stereocenters. The molecule has 31 heavy (non-hydrogen) atoms. The van der Waals surface area contributed by atoms with Crippen molar-refractivity contribution in [1.29, 1.82) is 0 Å². The second-order valence-electron chi connectivity index (χ2n) is 8.16. The van der Waals surface area contributed by atoms with E-state index in [1.54, 1.807) is 11.3 Å². The zero-order valence-electron chi connectivity index (χ0n) is 17.9. The van der Waals surface area contributed by atoms with Gasteiger partial charge in [-0.25, -0.2) is 9.97 Å². The van der Waals surface area contributed by atoms with Crippen molar-refractivity contribution in [2.24, 2.45) is 0 Å². The normalized spacial score (nSPS) is 18.4. The summed E-state index contributed by atoms with van der Waals surface area (Å²) in [5.74, 6) is 3.37. The monoisotopic (exact) mass is 454 g/mol. The van der Waals surface area contributed by atoms with Crippen molar-refractivity contribution in [3.05, 3.63) is 29.6 Å². The van der Waals surface area contributed by atoms with Gasteiger partial charge in [-0.3, -0.25) is 9.48 Å². The number of fused-ring (bicyclic) bond motifs is 3. The van der Waals surface area contributed by atoms with Crippen molar-refractivity contribution in [2.75, 3.05) is 29.2 Å². The van der Waals surface area contributed by atoms with Crippen molar-refractivity contribution in [1.82, 2.24) is 19.7 Å². The average Bonchev–Trinajstić information content (AvgIpc) is 3.35. The molecule has 1 saturated heterocycles. The maximum Gasteiger partial charge on any atom is 0.223 e. The number of hydrogen-bond acceptors (Lipinski definition) is 7. The molecule has 1 aliphatic carbocycles. The standard InChI is InChI=1S/C22H26N6OS2/c1-12-10-16-21(31-22(26-16)25-13(2)29)20-18(12)19(14-4-5-17(23-3)24-11-14)27-28(20)15-6-8-30-9-7-15/h4-5,11-12,15H,6-10H2,1-3H3,(H,23,24)(H,25,26,29). The van der Waals surface area contributed by atoms with Crippen LogP contribution in [-0.2, 0) is 11.2 Å². The van der Waals surface area contributed by atoms with E-state index in [4.69, 9.17) is 10.1 Å². The summed E-state index contributed by atoms with van der Waals surface area (Å²) in [5.41, 5.74) is 5.60. The van der Waals surface area contributed by atoms with Crippen LogP contribution in [0.4, 0.5) is 10.9 Å². The predicted octanol–water partition coefficient (Wildman–Crippen LogP) is 4.80. The van der Waals surface area contributed by atoms with Gasteiger partial charge in [0.05, 0.1) is 28.0 Å². The van der Waals surface area contributed by atoms with Gasteiger partial charge in [-0.15, -0.1) is 0 Å². The summed E-state index contributed by atoms with van der Waals surface area (Å²) < 4.78 is 2.26. The number of anilines is 2. The molecule has 9 heteroatoms.